The Balaban J connectivity index is 3.06. The van der Waals surface area contributed by atoms with Gasteiger partial charge in [0.15, 0.2) is 0 Å². The molecule has 0 aromatic rings. The molecule has 0 heterocycles. The molecule has 1 atom stereocenters. The zero-order valence-corrected chi connectivity index (χ0v) is 6.43. The largest absolute Gasteiger partial charge is 0.392 e. The fourth-order valence-corrected chi connectivity index (χ4v) is 0.753. The van der Waals surface area contributed by atoms with Crippen LogP contribution in [0.25, 0.3) is 0 Å². The number of aliphatic hydroxyl groups is 1. The highest BCUT2D eigenvalue weighted by Crippen LogP contribution is 1.98. The topological polar surface area (TPSA) is 32.3 Å². The Labute approximate surface area is 62.6 Å². The van der Waals surface area contributed by atoms with Crippen molar-refractivity contribution in [1.82, 2.24) is 5.32 Å². The van der Waals surface area contributed by atoms with Crippen molar-refractivity contribution in [3.63, 3.8) is 0 Å². The lowest BCUT2D eigenvalue weighted by molar-refractivity contribution is 0.167. The third-order valence-corrected chi connectivity index (χ3v) is 1.32. The van der Waals surface area contributed by atoms with E-state index in [9.17, 15) is 0 Å². The molecule has 58 valence electrons. The van der Waals surface area contributed by atoms with E-state index in [0.29, 0.717) is 6.42 Å². The summed E-state index contributed by atoms with van der Waals surface area (Å²) >= 11 is 0. The van der Waals surface area contributed by atoms with Crippen molar-refractivity contribution in [2.45, 2.75) is 25.4 Å². The van der Waals surface area contributed by atoms with Crippen LogP contribution in [0.2, 0.25) is 0 Å². The SMILES string of the molecule is C#CCC(O)CCCNC. The minimum atomic E-state index is -0.307. The minimum Gasteiger partial charge on any atom is -0.392 e. The van der Waals surface area contributed by atoms with Crippen LogP contribution in [0.4, 0.5) is 0 Å². The van der Waals surface area contributed by atoms with Crippen LogP contribution in [0.15, 0.2) is 0 Å². The highest BCUT2D eigenvalue weighted by Gasteiger charge is 1.99. The molecule has 0 bridgehead atoms. The molecule has 0 aliphatic heterocycles. The van der Waals surface area contributed by atoms with Crippen molar-refractivity contribution < 1.29 is 5.11 Å². The van der Waals surface area contributed by atoms with E-state index in [0.717, 1.165) is 19.4 Å². The maximum Gasteiger partial charge on any atom is 0.0649 e. The molecule has 0 rings (SSSR count). The smallest absolute Gasteiger partial charge is 0.0649 e. The molecular formula is C8H15NO. The van der Waals surface area contributed by atoms with E-state index >= 15 is 0 Å². The van der Waals surface area contributed by atoms with Crippen LogP contribution >= 0.6 is 0 Å². The van der Waals surface area contributed by atoms with Gasteiger partial charge in [-0.25, -0.2) is 0 Å². The number of nitrogens with one attached hydrogen (secondary N) is 1. The van der Waals surface area contributed by atoms with Crippen LogP contribution in [-0.2, 0) is 0 Å². The second-order valence-electron chi connectivity index (χ2n) is 2.31. The molecule has 10 heavy (non-hydrogen) atoms. The molecular weight excluding hydrogens is 126 g/mol. The van der Waals surface area contributed by atoms with Crippen molar-refractivity contribution in [1.29, 1.82) is 0 Å². The Hall–Kier alpha value is -0.520. The summed E-state index contributed by atoms with van der Waals surface area (Å²) in [6.45, 7) is 0.946. The van der Waals surface area contributed by atoms with Crippen molar-refractivity contribution in [3.05, 3.63) is 0 Å². The number of aliphatic hydroxyl groups excluding tert-OH is 1. The highest BCUT2D eigenvalue weighted by atomic mass is 16.3. The van der Waals surface area contributed by atoms with Crippen LogP contribution < -0.4 is 5.32 Å². The second kappa shape index (κ2) is 6.60. The van der Waals surface area contributed by atoms with E-state index in [-0.39, 0.29) is 6.10 Å². The molecule has 0 aromatic heterocycles. The third kappa shape index (κ3) is 5.61. The number of hydrogen-bond donors (Lipinski definition) is 2. The number of hydrogen-bond acceptors (Lipinski definition) is 2. The summed E-state index contributed by atoms with van der Waals surface area (Å²) in [4.78, 5) is 0. The van der Waals surface area contributed by atoms with Gasteiger partial charge in [-0.15, -0.1) is 12.3 Å². The molecule has 0 amide bonds. The standard InChI is InChI=1S/C8H15NO/c1-3-5-8(10)6-4-7-9-2/h1,8-10H,4-7H2,2H3. The summed E-state index contributed by atoms with van der Waals surface area (Å²) in [5.41, 5.74) is 0. The normalized spacial score (nSPS) is 12.5. The van der Waals surface area contributed by atoms with Crippen LogP contribution in [-0.4, -0.2) is 24.8 Å². The molecule has 0 aliphatic carbocycles. The molecule has 0 saturated carbocycles. The summed E-state index contributed by atoms with van der Waals surface area (Å²) in [6, 6.07) is 0. The molecule has 2 nitrogen and oxygen atoms in total. The Morgan fingerprint density at radius 2 is 2.40 bits per heavy atom. The van der Waals surface area contributed by atoms with Gasteiger partial charge >= 0.3 is 0 Å². The number of terminal acetylenes is 1. The zero-order valence-electron chi connectivity index (χ0n) is 6.43. The van der Waals surface area contributed by atoms with Crippen LogP contribution in [0.5, 0.6) is 0 Å². The first-order chi connectivity index (χ1) is 4.81. The lowest BCUT2D eigenvalue weighted by atomic mass is 10.1. The summed E-state index contributed by atoms with van der Waals surface area (Å²) in [5, 5.41) is 12.1. The van der Waals surface area contributed by atoms with E-state index < -0.39 is 0 Å². The molecule has 2 N–H and O–H groups in total. The first kappa shape index (κ1) is 9.48. The summed E-state index contributed by atoms with van der Waals surface area (Å²) in [6.07, 6.45) is 6.96. The van der Waals surface area contributed by atoms with E-state index in [1.54, 1.807) is 0 Å². The first-order valence-corrected chi connectivity index (χ1v) is 3.57. The van der Waals surface area contributed by atoms with Crippen LogP contribution in [0, 0.1) is 12.3 Å². The Morgan fingerprint density at radius 3 is 2.90 bits per heavy atom. The van der Waals surface area contributed by atoms with Crippen molar-refractivity contribution in [2.75, 3.05) is 13.6 Å². The molecule has 1 unspecified atom stereocenters. The molecule has 2 heteroatoms. The highest BCUT2D eigenvalue weighted by molar-refractivity contribution is 4.86. The van der Waals surface area contributed by atoms with Crippen LogP contribution in [0.1, 0.15) is 19.3 Å². The quantitative estimate of drug-likeness (QED) is 0.428. The predicted octanol–water partition coefficient (Wildman–Crippen LogP) is 0.370. The van der Waals surface area contributed by atoms with Gasteiger partial charge in [-0.3, -0.25) is 0 Å². The van der Waals surface area contributed by atoms with Crippen molar-refractivity contribution in [2.24, 2.45) is 0 Å². The first-order valence-electron chi connectivity index (χ1n) is 3.57. The summed E-state index contributed by atoms with van der Waals surface area (Å²) in [7, 11) is 1.90. The van der Waals surface area contributed by atoms with Gasteiger partial charge in [0.05, 0.1) is 6.10 Å². The maximum atomic E-state index is 9.11. The average Bonchev–Trinajstić information content (AvgIpc) is 1.89. The van der Waals surface area contributed by atoms with Gasteiger partial charge in [0, 0.05) is 6.42 Å². The van der Waals surface area contributed by atoms with Gasteiger partial charge in [0.2, 0.25) is 0 Å². The van der Waals surface area contributed by atoms with Gasteiger partial charge in [-0.2, -0.15) is 0 Å². The monoisotopic (exact) mass is 141 g/mol. The molecule has 0 aliphatic rings. The molecule has 0 radical (unpaired) electrons. The zero-order chi connectivity index (χ0) is 7.82. The average molecular weight is 141 g/mol. The van der Waals surface area contributed by atoms with Gasteiger partial charge in [0.25, 0.3) is 0 Å². The Morgan fingerprint density at radius 1 is 1.70 bits per heavy atom. The molecule has 0 aromatic carbocycles. The molecule has 0 fully saturated rings. The fraction of sp³-hybridized carbons (Fsp3) is 0.750. The minimum absolute atomic E-state index is 0.307. The van der Waals surface area contributed by atoms with E-state index in [2.05, 4.69) is 11.2 Å². The van der Waals surface area contributed by atoms with Gasteiger partial charge in [0.1, 0.15) is 0 Å². The van der Waals surface area contributed by atoms with E-state index in [4.69, 9.17) is 11.5 Å². The lowest BCUT2D eigenvalue weighted by Crippen LogP contribution is -2.12. The number of rotatable bonds is 5. The van der Waals surface area contributed by atoms with Crippen molar-refractivity contribution in [3.8, 4) is 12.3 Å². The van der Waals surface area contributed by atoms with Crippen LogP contribution in [0.3, 0.4) is 0 Å². The second-order valence-corrected chi connectivity index (χ2v) is 2.31. The summed E-state index contributed by atoms with van der Waals surface area (Å²) in [5.74, 6) is 2.42. The predicted molar refractivity (Wildman–Crippen MR) is 42.6 cm³/mol. The molecule has 0 spiro atoms. The van der Waals surface area contributed by atoms with E-state index in [1.807, 2.05) is 7.05 Å². The summed E-state index contributed by atoms with van der Waals surface area (Å²) < 4.78 is 0. The van der Waals surface area contributed by atoms with Gasteiger partial charge < -0.3 is 10.4 Å². The maximum absolute atomic E-state index is 9.11. The van der Waals surface area contributed by atoms with Gasteiger partial charge in [-0.05, 0) is 26.4 Å². The van der Waals surface area contributed by atoms with Crippen molar-refractivity contribution >= 4 is 0 Å². The lowest BCUT2D eigenvalue weighted by Gasteiger charge is -2.04. The Bertz CT molecular complexity index is 106. The third-order valence-electron chi connectivity index (χ3n) is 1.32. The van der Waals surface area contributed by atoms with Gasteiger partial charge in [-0.1, -0.05) is 0 Å². The molecule has 0 saturated heterocycles. The fourth-order valence-electron chi connectivity index (χ4n) is 0.753. The Kier molecular flexibility index (Phi) is 6.25. The van der Waals surface area contributed by atoms with E-state index in [1.165, 1.54) is 0 Å².